The first-order valence-electron chi connectivity index (χ1n) is 9.12. The molecule has 140 valence electrons. The molecule has 1 N–H and O–H groups in total. The summed E-state index contributed by atoms with van der Waals surface area (Å²) in [6, 6.07) is 7.42. The summed E-state index contributed by atoms with van der Waals surface area (Å²) in [7, 11) is 1.61. The Morgan fingerprint density at radius 3 is 2.88 bits per heavy atom. The number of hydrogen-bond donors (Lipinski definition) is 1. The van der Waals surface area contributed by atoms with E-state index >= 15 is 0 Å². The van der Waals surface area contributed by atoms with Crippen molar-refractivity contribution in [2.75, 3.05) is 26.8 Å². The maximum Gasteiger partial charge on any atom is 0.253 e. The van der Waals surface area contributed by atoms with Crippen LogP contribution in [0.1, 0.15) is 42.4 Å². The Bertz CT molecular complexity index is 714. The summed E-state index contributed by atoms with van der Waals surface area (Å²) in [5, 5.41) is 7.02. The van der Waals surface area contributed by atoms with E-state index in [4.69, 9.17) is 9.47 Å². The van der Waals surface area contributed by atoms with E-state index in [1.54, 1.807) is 7.11 Å². The predicted octanol–water partition coefficient (Wildman–Crippen LogP) is 2.65. The number of carbonyl (C=O) groups is 1. The monoisotopic (exact) mass is 358 g/mol. The lowest BCUT2D eigenvalue weighted by Gasteiger charge is -2.32. The molecule has 1 amide bonds. The summed E-state index contributed by atoms with van der Waals surface area (Å²) < 4.78 is 10.9. The number of nitrogens with zero attached hydrogens (tertiary/aromatic N) is 3. The van der Waals surface area contributed by atoms with Crippen molar-refractivity contribution in [1.82, 2.24) is 20.1 Å². The normalized spacial score (nSPS) is 17.5. The number of aromatic amines is 1. The topological polar surface area (TPSA) is 80.3 Å². The number of nitrogens with one attached hydrogen (secondary N) is 1. The number of aromatic nitrogens is 3. The summed E-state index contributed by atoms with van der Waals surface area (Å²) in [5.41, 5.74) is 1.54. The van der Waals surface area contributed by atoms with E-state index in [0.29, 0.717) is 30.4 Å². The van der Waals surface area contributed by atoms with E-state index in [1.165, 1.54) is 0 Å². The van der Waals surface area contributed by atoms with Crippen molar-refractivity contribution < 1.29 is 14.3 Å². The highest BCUT2D eigenvalue weighted by Crippen LogP contribution is 2.19. The maximum atomic E-state index is 12.8. The van der Waals surface area contributed by atoms with Crippen molar-refractivity contribution in [2.45, 2.75) is 38.9 Å². The molecule has 0 saturated carbocycles. The fourth-order valence-corrected chi connectivity index (χ4v) is 3.11. The third-order valence-corrected chi connectivity index (χ3v) is 4.43. The zero-order valence-electron chi connectivity index (χ0n) is 15.4. The van der Waals surface area contributed by atoms with Crippen LogP contribution in [-0.4, -0.2) is 58.9 Å². The summed E-state index contributed by atoms with van der Waals surface area (Å²) in [5.74, 6) is 1.33. The van der Waals surface area contributed by atoms with Gasteiger partial charge >= 0.3 is 0 Å². The highest BCUT2D eigenvalue weighted by Gasteiger charge is 2.24. The Labute approximate surface area is 153 Å². The maximum absolute atomic E-state index is 12.8. The fourth-order valence-electron chi connectivity index (χ4n) is 3.11. The van der Waals surface area contributed by atoms with Gasteiger partial charge in [-0.15, -0.1) is 0 Å². The summed E-state index contributed by atoms with van der Waals surface area (Å²) in [6.07, 6.45) is 3.16. The molecular weight excluding hydrogens is 332 g/mol. The second-order valence-electron chi connectivity index (χ2n) is 6.50. The average Bonchev–Trinajstić information content (AvgIpc) is 3.15. The van der Waals surface area contributed by atoms with Crippen molar-refractivity contribution in [1.29, 1.82) is 0 Å². The van der Waals surface area contributed by atoms with Crippen molar-refractivity contribution in [3.63, 3.8) is 0 Å². The number of carbonyl (C=O) groups excluding carboxylic acids is 1. The molecule has 3 rings (SSSR count). The van der Waals surface area contributed by atoms with Crippen molar-refractivity contribution in [3.8, 4) is 11.4 Å². The van der Waals surface area contributed by atoms with Gasteiger partial charge in [-0.2, -0.15) is 5.10 Å². The third kappa shape index (κ3) is 4.47. The first-order chi connectivity index (χ1) is 12.7. The average molecular weight is 358 g/mol. The molecule has 1 atom stereocenters. The minimum Gasteiger partial charge on any atom is -0.377 e. The number of methoxy groups -OCH3 is 1. The van der Waals surface area contributed by atoms with Gasteiger partial charge in [-0.25, -0.2) is 4.98 Å². The molecule has 0 unspecified atom stereocenters. The van der Waals surface area contributed by atoms with Gasteiger partial charge in [-0.3, -0.25) is 9.89 Å². The van der Waals surface area contributed by atoms with E-state index in [1.807, 2.05) is 29.2 Å². The van der Waals surface area contributed by atoms with E-state index in [2.05, 4.69) is 22.1 Å². The molecule has 0 aliphatic carbocycles. The molecule has 1 saturated heterocycles. The number of likely N-dealkylation sites (tertiary alicyclic amines) is 1. The lowest BCUT2D eigenvalue weighted by Crippen LogP contribution is -2.43. The van der Waals surface area contributed by atoms with E-state index < -0.39 is 0 Å². The number of ether oxygens (including phenoxy) is 2. The van der Waals surface area contributed by atoms with Crippen LogP contribution < -0.4 is 0 Å². The molecule has 1 aliphatic heterocycles. The van der Waals surface area contributed by atoms with Gasteiger partial charge in [0.2, 0.25) is 0 Å². The summed E-state index contributed by atoms with van der Waals surface area (Å²) >= 11 is 0. The highest BCUT2D eigenvalue weighted by molar-refractivity contribution is 5.94. The highest BCUT2D eigenvalue weighted by atomic mass is 16.5. The summed E-state index contributed by atoms with van der Waals surface area (Å²) in [4.78, 5) is 19.0. The summed E-state index contributed by atoms with van der Waals surface area (Å²) in [6.45, 7) is 4.69. The number of H-pyrrole nitrogens is 1. The number of amides is 1. The van der Waals surface area contributed by atoms with Crippen LogP contribution in [0.25, 0.3) is 11.4 Å². The van der Waals surface area contributed by atoms with Crippen molar-refractivity contribution in [3.05, 3.63) is 35.7 Å². The van der Waals surface area contributed by atoms with E-state index in [-0.39, 0.29) is 12.0 Å². The zero-order chi connectivity index (χ0) is 18.4. The molecule has 0 bridgehead atoms. The van der Waals surface area contributed by atoms with Crippen molar-refractivity contribution in [2.24, 2.45) is 0 Å². The largest absolute Gasteiger partial charge is 0.377 e. The molecule has 1 aliphatic rings. The molecule has 0 spiro atoms. The smallest absolute Gasteiger partial charge is 0.253 e. The first kappa shape index (κ1) is 18.5. The molecule has 2 aromatic rings. The van der Waals surface area contributed by atoms with E-state index in [0.717, 1.165) is 38.0 Å². The lowest BCUT2D eigenvalue weighted by molar-refractivity contribution is 0.00211. The standard InChI is InChI=1S/C19H26N4O3/c1-3-11-26-16-5-4-10-23(12-16)19(24)15-8-6-14(7-9-15)18-20-17(13-25-2)21-22-18/h6-9,16H,3-5,10-13H2,1-2H3,(H,20,21,22)/t16-/m0/s1. The quantitative estimate of drug-likeness (QED) is 0.823. The van der Waals surface area contributed by atoms with Crippen LogP contribution in [-0.2, 0) is 16.1 Å². The Morgan fingerprint density at radius 1 is 1.35 bits per heavy atom. The van der Waals surface area contributed by atoms with Crippen LogP contribution in [0, 0.1) is 0 Å². The van der Waals surface area contributed by atoms with Crippen LogP contribution in [0.2, 0.25) is 0 Å². The van der Waals surface area contributed by atoms with Crippen LogP contribution in [0.4, 0.5) is 0 Å². The Balaban J connectivity index is 1.64. The molecular formula is C19H26N4O3. The Kier molecular flexibility index (Phi) is 6.35. The van der Waals surface area contributed by atoms with Crippen LogP contribution in [0.5, 0.6) is 0 Å². The SMILES string of the molecule is CCCO[C@H]1CCCN(C(=O)c2ccc(-c3n[nH]c(COC)n3)cc2)C1. The number of benzene rings is 1. The molecule has 1 aromatic carbocycles. The van der Waals surface area contributed by atoms with Crippen molar-refractivity contribution >= 4 is 5.91 Å². The molecule has 7 nitrogen and oxygen atoms in total. The molecule has 7 heteroatoms. The van der Waals surface area contributed by atoms with Gasteiger partial charge in [-0.05, 0) is 31.4 Å². The fraction of sp³-hybridized carbons (Fsp3) is 0.526. The molecule has 1 aromatic heterocycles. The van der Waals surface area contributed by atoms with Crippen LogP contribution >= 0.6 is 0 Å². The third-order valence-electron chi connectivity index (χ3n) is 4.43. The molecule has 1 fully saturated rings. The van der Waals surface area contributed by atoms with Crippen LogP contribution in [0.15, 0.2) is 24.3 Å². The number of piperidine rings is 1. The Hall–Kier alpha value is -2.25. The molecule has 26 heavy (non-hydrogen) atoms. The molecule has 2 heterocycles. The number of rotatable bonds is 7. The van der Waals surface area contributed by atoms with Gasteiger partial charge in [-0.1, -0.05) is 19.1 Å². The minimum atomic E-state index is 0.0522. The minimum absolute atomic E-state index is 0.0522. The van der Waals surface area contributed by atoms with Gasteiger partial charge in [0.15, 0.2) is 11.6 Å². The second-order valence-corrected chi connectivity index (χ2v) is 6.50. The Morgan fingerprint density at radius 2 is 2.15 bits per heavy atom. The number of hydrogen-bond acceptors (Lipinski definition) is 5. The second kappa shape index (κ2) is 8.91. The van der Waals surface area contributed by atoms with Gasteiger partial charge in [0.25, 0.3) is 5.91 Å². The molecule has 0 radical (unpaired) electrons. The van der Waals surface area contributed by atoms with Gasteiger partial charge in [0.1, 0.15) is 6.61 Å². The van der Waals surface area contributed by atoms with Crippen LogP contribution in [0.3, 0.4) is 0 Å². The predicted molar refractivity (Wildman–Crippen MR) is 97.7 cm³/mol. The van der Waals surface area contributed by atoms with Gasteiger partial charge in [0, 0.05) is 37.9 Å². The van der Waals surface area contributed by atoms with E-state index in [9.17, 15) is 4.79 Å². The van der Waals surface area contributed by atoms with Gasteiger partial charge in [0.05, 0.1) is 6.10 Å². The first-order valence-corrected chi connectivity index (χ1v) is 9.12. The zero-order valence-corrected chi connectivity index (χ0v) is 15.4. The lowest BCUT2D eigenvalue weighted by atomic mass is 10.1. The van der Waals surface area contributed by atoms with Gasteiger partial charge < -0.3 is 14.4 Å².